The van der Waals surface area contributed by atoms with Gasteiger partial charge in [0.1, 0.15) is 5.75 Å². The van der Waals surface area contributed by atoms with Gasteiger partial charge < -0.3 is 24.8 Å². The van der Waals surface area contributed by atoms with Crippen LogP contribution in [0.4, 0.5) is 5.69 Å². The molecular formula is C21H30IN3O3. The molecule has 0 aliphatic heterocycles. The summed E-state index contributed by atoms with van der Waals surface area (Å²) in [6, 6.07) is 13.7. The van der Waals surface area contributed by atoms with E-state index in [1.54, 1.807) is 14.2 Å². The van der Waals surface area contributed by atoms with Gasteiger partial charge in [0.25, 0.3) is 0 Å². The molecule has 0 aliphatic rings. The van der Waals surface area contributed by atoms with E-state index in [0.717, 1.165) is 22.7 Å². The van der Waals surface area contributed by atoms with Crippen molar-refractivity contribution < 1.29 is 14.2 Å². The van der Waals surface area contributed by atoms with Crippen molar-refractivity contribution in [1.82, 2.24) is 5.32 Å². The van der Waals surface area contributed by atoms with Gasteiger partial charge in [0.2, 0.25) is 0 Å². The Morgan fingerprint density at radius 2 is 1.89 bits per heavy atom. The Morgan fingerprint density at radius 1 is 1.11 bits per heavy atom. The summed E-state index contributed by atoms with van der Waals surface area (Å²) in [4.78, 5) is 4.27. The lowest BCUT2D eigenvalue weighted by atomic mass is 10.2. The van der Waals surface area contributed by atoms with Crippen molar-refractivity contribution in [2.24, 2.45) is 4.99 Å². The molecule has 2 N–H and O–H groups in total. The van der Waals surface area contributed by atoms with E-state index in [9.17, 15) is 0 Å². The number of halogens is 1. The van der Waals surface area contributed by atoms with E-state index >= 15 is 0 Å². The van der Waals surface area contributed by atoms with Crippen molar-refractivity contribution in [1.29, 1.82) is 0 Å². The van der Waals surface area contributed by atoms with Gasteiger partial charge in [0.05, 0.1) is 19.8 Å². The zero-order chi connectivity index (χ0) is 19.6. The number of rotatable bonds is 8. The number of nitrogens with one attached hydrogen (secondary N) is 2. The first-order valence-corrected chi connectivity index (χ1v) is 9.09. The monoisotopic (exact) mass is 499 g/mol. The zero-order valence-electron chi connectivity index (χ0n) is 17.1. The highest BCUT2D eigenvalue weighted by molar-refractivity contribution is 14.0. The summed E-state index contributed by atoms with van der Waals surface area (Å²) >= 11 is 0. The molecule has 0 radical (unpaired) electrons. The summed E-state index contributed by atoms with van der Waals surface area (Å²) < 4.78 is 16.7. The van der Waals surface area contributed by atoms with Crippen LogP contribution in [-0.4, -0.2) is 32.8 Å². The number of hydrogen-bond donors (Lipinski definition) is 2. The topological polar surface area (TPSA) is 64.1 Å². The van der Waals surface area contributed by atoms with Gasteiger partial charge in [-0.25, -0.2) is 0 Å². The molecule has 0 aromatic heterocycles. The summed E-state index contributed by atoms with van der Waals surface area (Å²) in [6.07, 6.45) is 0.150. The van der Waals surface area contributed by atoms with Crippen LogP contribution >= 0.6 is 24.0 Å². The highest BCUT2D eigenvalue weighted by Crippen LogP contribution is 2.30. The van der Waals surface area contributed by atoms with E-state index in [1.807, 2.05) is 63.2 Å². The minimum Gasteiger partial charge on any atom is -0.493 e. The first-order valence-electron chi connectivity index (χ1n) is 9.09. The largest absolute Gasteiger partial charge is 0.493 e. The van der Waals surface area contributed by atoms with Gasteiger partial charge in [-0.1, -0.05) is 12.1 Å². The van der Waals surface area contributed by atoms with Crippen molar-refractivity contribution in [3.05, 3.63) is 48.0 Å². The predicted octanol–water partition coefficient (Wildman–Crippen LogP) is 4.69. The molecule has 0 unspecified atom stereocenters. The molecule has 2 aromatic carbocycles. The molecular weight excluding hydrogens is 469 g/mol. The minimum absolute atomic E-state index is 0. The Morgan fingerprint density at radius 3 is 2.54 bits per heavy atom. The second kappa shape index (κ2) is 12.3. The van der Waals surface area contributed by atoms with Crippen LogP contribution in [0.3, 0.4) is 0 Å². The van der Waals surface area contributed by atoms with E-state index in [0.29, 0.717) is 24.9 Å². The molecule has 0 saturated heterocycles. The van der Waals surface area contributed by atoms with Crippen LogP contribution < -0.4 is 24.8 Å². The number of aliphatic imine (C=N–C) groups is 1. The molecule has 0 aliphatic carbocycles. The molecule has 0 amide bonds. The van der Waals surface area contributed by atoms with E-state index < -0.39 is 0 Å². The lowest BCUT2D eigenvalue weighted by molar-refractivity contribution is 0.242. The van der Waals surface area contributed by atoms with Crippen molar-refractivity contribution >= 4 is 35.6 Å². The number of guanidine groups is 1. The normalized spacial score (nSPS) is 10.9. The molecule has 0 fully saturated rings. The fourth-order valence-corrected chi connectivity index (χ4v) is 2.52. The zero-order valence-corrected chi connectivity index (χ0v) is 19.4. The fraction of sp³-hybridized carbons (Fsp3) is 0.381. The van der Waals surface area contributed by atoms with E-state index in [1.165, 1.54) is 0 Å². The first-order chi connectivity index (χ1) is 13.0. The van der Waals surface area contributed by atoms with Crippen molar-refractivity contribution in [3.63, 3.8) is 0 Å². The van der Waals surface area contributed by atoms with Gasteiger partial charge >= 0.3 is 0 Å². The Hall–Kier alpha value is -2.16. The SMILES string of the molecule is CCOc1ccc(NC(=NC)NCc2cccc(OC(C)C)c2)cc1OC.I. The molecule has 2 aromatic rings. The average molecular weight is 499 g/mol. The average Bonchev–Trinajstić information content (AvgIpc) is 2.66. The summed E-state index contributed by atoms with van der Waals surface area (Å²) in [6.45, 7) is 7.19. The predicted molar refractivity (Wildman–Crippen MR) is 126 cm³/mol. The van der Waals surface area contributed by atoms with Crippen molar-refractivity contribution in [2.75, 3.05) is 26.1 Å². The molecule has 154 valence electrons. The second-order valence-electron chi connectivity index (χ2n) is 6.16. The third-order valence-corrected chi connectivity index (χ3v) is 3.68. The van der Waals surface area contributed by atoms with Gasteiger partial charge in [0.15, 0.2) is 17.5 Å². The van der Waals surface area contributed by atoms with Gasteiger partial charge in [-0.3, -0.25) is 4.99 Å². The molecule has 0 saturated carbocycles. The Balaban J connectivity index is 0.00000392. The summed E-state index contributed by atoms with van der Waals surface area (Å²) in [5.74, 6) is 2.92. The van der Waals surface area contributed by atoms with Crippen LogP contribution in [0.1, 0.15) is 26.3 Å². The highest BCUT2D eigenvalue weighted by atomic mass is 127. The lowest BCUT2D eigenvalue weighted by Crippen LogP contribution is -2.30. The standard InChI is InChI=1S/C21H29N3O3.HI/c1-6-26-19-11-10-17(13-20(19)25-5)24-21(22-4)23-14-16-8-7-9-18(12-16)27-15(2)3;/h7-13,15H,6,14H2,1-5H3,(H2,22,23,24);1H. The molecule has 7 heteroatoms. The molecule has 28 heavy (non-hydrogen) atoms. The Bertz CT molecular complexity index is 766. The third kappa shape index (κ3) is 7.46. The summed E-state index contributed by atoms with van der Waals surface area (Å²) in [5, 5.41) is 6.57. The molecule has 2 rings (SSSR count). The Labute approximate surface area is 184 Å². The van der Waals surface area contributed by atoms with Crippen molar-refractivity contribution in [3.8, 4) is 17.2 Å². The number of benzene rings is 2. The number of anilines is 1. The molecule has 0 atom stereocenters. The number of nitrogens with zero attached hydrogens (tertiary/aromatic N) is 1. The van der Waals surface area contributed by atoms with Gasteiger partial charge in [-0.05, 0) is 50.6 Å². The summed E-state index contributed by atoms with van der Waals surface area (Å²) in [7, 11) is 3.36. The van der Waals surface area contributed by atoms with Crippen LogP contribution in [-0.2, 0) is 6.54 Å². The number of ether oxygens (including phenoxy) is 3. The molecule has 0 heterocycles. The van der Waals surface area contributed by atoms with Crippen molar-refractivity contribution in [2.45, 2.75) is 33.4 Å². The van der Waals surface area contributed by atoms with Gasteiger partial charge in [-0.2, -0.15) is 0 Å². The maximum Gasteiger partial charge on any atom is 0.195 e. The third-order valence-electron chi connectivity index (χ3n) is 3.68. The van der Waals surface area contributed by atoms with Crippen LogP contribution in [0.15, 0.2) is 47.5 Å². The fourth-order valence-electron chi connectivity index (χ4n) is 2.52. The number of hydrogen-bond acceptors (Lipinski definition) is 4. The van der Waals surface area contributed by atoms with E-state index in [-0.39, 0.29) is 30.1 Å². The smallest absolute Gasteiger partial charge is 0.195 e. The highest BCUT2D eigenvalue weighted by Gasteiger charge is 2.07. The van der Waals surface area contributed by atoms with Crippen LogP contribution in [0.25, 0.3) is 0 Å². The summed E-state index contributed by atoms with van der Waals surface area (Å²) in [5.41, 5.74) is 1.97. The molecule has 0 spiro atoms. The lowest BCUT2D eigenvalue weighted by Gasteiger charge is -2.15. The molecule has 6 nitrogen and oxygen atoms in total. The van der Waals surface area contributed by atoms with Crippen LogP contribution in [0, 0.1) is 0 Å². The van der Waals surface area contributed by atoms with Gasteiger partial charge in [0, 0.05) is 25.3 Å². The maximum atomic E-state index is 5.74. The minimum atomic E-state index is 0. The van der Waals surface area contributed by atoms with E-state index in [4.69, 9.17) is 14.2 Å². The molecule has 0 bridgehead atoms. The first kappa shape index (κ1) is 23.9. The maximum absolute atomic E-state index is 5.74. The van der Waals surface area contributed by atoms with Gasteiger partial charge in [-0.15, -0.1) is 24.0 Å². The quantitative estimate of drug-likeness (QED) is 0.314. The van der Waals surface area contributed by atoms with Crippen LogP contribution in [0.5, 0.6) is 17.2 Å². The second-order valence-corrected chi connectivity index (χ2v) is 6.16. The van der Waals surface area contributed by atoms with E-state index in [2.05, 4.69) is 15.6 Å². The Kier molecular flexibility index (Phi) is 10.5. The van der Waals surface area contributed by atoms with Crippen LogP contribution in [0.2, 0.25) is 0 Å². The number of methoxy groups -OCH3 is 1.